The van der Waals surface area contributed by atoms with E-state index < -0.39 is 5.91 Å². The summed E-state index contributed by atoms with van der Waals surface area (Å²) in [6.07, 6.45) is 0. The van der Waals surface area contributed by atoms with E-state index in [-0.39, 0.29) is 11.7 Å². The highest BCUT2D eigenvalue weighted by atomic mass is 19.1. The SMILES string of the molecule is O=C1NC(=O)c2c1cccc2-c1ccc(F)cc1. The molecule has 4 heteroatoms. The first-order valence-electron chi connectivity index (χ1n) is 5.41. The summed E-state index contributed by atoms with van der Waals surface area (Å²) in [5.74, 6) is -1.14. The van der Waals surface area contributed by atoms with Gasteiger partial charge in [-0.2, -0.15) is 0 Å². The van der Waals surface area contributed by atoms with E-state index >= 15 is 0 Å². The lowest BCUT2D eigenvalue weighted by Crippen LogP contribution is -2.20. The molecule has 2 aromatic carbocycles. The molecule has 0 fully saturated rings. The fourth-order valence-electron chi connectivity index (χ4n) is 2.09. The number of carbonyl (C=O) groups excluding carboxylic acids is 2. The Hall–Kier alpha value is -2.49. The molecule has 0 radical (unpaired) electrons. The molecule has 0 aliphatic carbocycles. The predicted octanol–water partition coefficient (Wildman–Crippen LogP) is 2.38. The third kappa shape index (κ3) is 1.50. The van der Waals surface area contributed by atoms with Gasteiger partial charge in [0.15, 0.2) is 0 Å². The zero-order chi connectivity index (χ0) is 12.7. The highest BCUT2D eigenvalue weighted by molar-refractivity contribution is 6.24. The maximum absolute atomic E-state index is 12.9. The fraction of sp³-hybridized carbons (Fsp3) is 0. The summed E-state index contributed by atoms with van der Waals surface area (Å²) in [4.78, 5) is 23.3. The Morgan fingerprint density at radius 2 is 1.50 bits per heavy atom. The topological polar surface area (TPSA) is 46.2 Å². The molecule has 0 aromatic heterocycles. The molecule has 1 N–H and O–H groups in total. The standard InChI is InChI=1S/C14H8FNO2/c15-9-6-4-8(5-7-9)10-2-1-3-11-12(10)14(18)16-13(11)17/h1-7H,(H,16,17,18). The van der Waals surface area contributed by atoms with Gasteiger partial charge in [0, 0.05) is 0 Å². The van der Waals surface area contributed by atoms with Crippen molar-refractivity contribution in [2.75, 3.05) is 0 Å². The lowest BCUT2D eigenvalue weighted by Gasteiger charge is -2.05. The Labute approximate surface area is 102 Å². The zero-order valence-corrected chi connectivity index (χ0v) is 9.24. The van der Waals surface area contributed by atoms with Crippen molar-refractivity contribution in [1.82, 2.24) is 5.32 Å². The molecule has 0 spiro atoms. The Balaban J connectivity index is 2.23. The molecule has 0 atom stereocenters. The van der Waals surface area contributed by atoms with Crippen LogP contribution in [-0.4, -0.2) is 11.8 Å². The van der Waals surface area contributed by atoms with Crippen molar-refractivity contribution in [2.24, 2.45) is 0 Å². The average molecular weight is 241 g/mol. The van der Waals surface area contributed by atoms with Gasteiger partial charge in [0.05, 0.1) is 11.1 Å². The van der Waals surface area contributed by atoms with Gasteiger partial charge in [0.1, 0.15) is 5.82 Å². The molecule has 18 heavy (non-hydrogen) atoms. The number of hydrogen-bond acceptors (Lipinski definition) is 2. The average Bonchev–Trinajstić information content (AvgIpc) is 2.66. The van der Waals surface area contributed by atoms with Crippen LogP contribution in [0.5, 0.6) is 0 Å². The van der Waals surface area contributed by atoms with Gasteiger partial charge in [-0.05, 0) is 29.3 Å². The summed E-state index contributed by atoms with van der Waals surface area (Å²) in [5, 5.41) is 2.25. The second kappa shape index (κ2) is 3.77. The Morgan fingerprint density at radius 1 is 0.833 bits per heavy atom. The Kier molecular flexibility index (Phi) is 2.23. The van der Waals surface area contributed by atoms with Crippen LogP contribution >= 0.6 is 0 Å². The van der Waals surface area contributed by atoms with Crippen molar-refractivity contribution in [3.05, 3.63) is 59.4 Å². The van der Waals surface area contributed by atoms with Crippen molar-refractivity contribution in [3.8, 4) is 11.1 Å². The number of rotatable bonds is 1. The molecule has 1 aliphatic heterocycles. The van der Waals surface area contributed by atoms with Gasteiger partial charge < -0.3 is 0 Å². The number of carbonyl (C=O) groups is 2. The van der Waals surface area contributed by atoms with Crippen LogP contribution in [0.2, 0.25) is 0 Å². The molecule has 0 saturated carbocycles. The summed E-state index contributed by atoms with van der Waals surface area (Å²) < 4.78 is 12.9. The monoisotopic (exact) mass is 241 g/mol. The van der Waals surface area contributed by atoms with Crippen LogP contribution in [0, 0.1) is 5.82 Å². The van der Waals surface area contributed by atoms with Crippen LogP contribution in [0.3, 0.4) is 0 Å². The van der Waals surface area contributed by atoms with E-state index in [1.54, 1.807) is 30.3 Å². The molecule has 2 amide bonds. The summed E-state index contributed by atoms with van der Waals surface area (Å²) in [6, 6.07) is 10.9. The smallest absolute Gasteiger partial charge is 0.259 e. The van der Waals surface area contributed by atoms with Gasteiger partial charge in [-0.15, -0.1) is 0 Å². The first-order valence-corrected chi connectivity index (χ1v) is 5.41. The minimum atomic E-state index is -0.407. The van der Waals surface area contributed by atoms with Gasteiger partial charge in [-0.3, -0.25) is 14.9 Å². The first kappa shape index (κ1) is 10.7. The molecule has 88 valence electrons. The number of amides is 2. The van der Waals surface area contributed by atoms with Gasteiger partial charge in [-0.25, -0.2) is 4.39 Å². The van der Waals surface area contributed by atoms with Crippen LogP contribution in [0.4, 0.5) is 4.39 Å². The Bertz CT molecular complexity index is 662. The lowest BCUT2D eigenvalue weighted by molar-refractivity contribution is 0.0880. The summed E-state index contributed by atoms with van der Waals surface area (Å²) in [5.41, 5.74) is 2.06. The normalized spacial score (nSPS) is 13.4. The van der Waals surface area contributed by atoms with Crippen molar-refractivity contribution in [2.45, 2.75) is 0 Å². The quantitative estimate of drug-likeness (QED) is 0.779. The van der Waals surface area contributed by atoms with E-state index in [0.29, 0.717) is 22.3 Å². The highest BCUT2D eigenvalue weighted by Crippen LogP contribution is 2.29. The molecular formula is C14H8FNO2. The van der Waals surface area contributed by atoms with E-state index in [1.165, 1.54) is 12.1 Å². The molecule has 3 nitrogen and oxygen atoms in total. The first-order chi connectivity index (χ1) is 8.66. The van der Waals surface area contributed by atoms with Crippen molar-refractivity contribution >= 4 is 11.8 Å². The molecule has 0 bridgehead atoms. The van der Waals surface area contributed by atoms with Crippen LogP contribution in [0.1, 0.15) is 20.7 Å². The molecule has 1 aliphatic rings. The van der Waals surface area contributed by atoms with E-state index in [0.717, 1.165) is 0 Å². The molecule has 0 saturated heterocycles. The summed E-state index contributed by atoms with van der Waals surface area (Å²) in [7, 11) is 0. The number of imide groups is 1. The number of benzene rings is 2. The van der Waals surface area contributed by atoms with E-state index in [1.807, 2.05) is 0 Å². The van der Waals surface area contributed by atoms with Gasteiger partial charge >= 0.3 is 0 Å². The summed E-state index contributed by atoms with van der Waals surface area (Å²) >= 11 is 0. The number of hydrogen-bond donors (Lipinski definition) is 1. The number of nitrogens with one attached hydrogen (secondary N) is 1. The van der Waals surface area contributed by atoms with Crippen molar-refractivity contribution in [3.63, 3.8) is 0 Å². The van der Waals surface area contributed by atoms with E-state index in [9.17, 15) is 14.0 Å². The second-order valence-corrected chi connectivity index (χ2v) is 4.02. The molecule has 2 aromatic rings. The van der Waals surface area contributed by atoms with Crippen LogP contribution in [0.25, 0.3) is 11.1 Å². The van der Waals surface area contributed by atoms with E-state index in [4.69, 9.17) is 0 Å². The van der Waals surface area contributed by atoms with Crippen LogP contribution < -0.4 is 5.32 Å². The predicted molar refractivity (Wildman–Crippen MR) is 63.6 cm³/mol. The summed E-state index contributed by atoms with van der Waals surface area (Å²) in [6.45, 7) is 0. The van der Waals surface area contributed by atoms with Crippen molar-refractivity contribution in [1.29, 1.82) is 0 Å². The van der Waals surface area contributed by atoms with Gasteiger partial charge in [0.2, 0.25) is 0 Å². The molecule has 0 unspecified atom stereocenters. The number of halogens is 1. The minimum absolute atomic E-state index is 0.341. The third-order valence-corrected chi connectivity index (χ3v) is 2.92. The lowest BCUT2D eigenvalue weighted by atomic mass is 9.97. The Morgan fingerprint density at radius 3 is 2.22 bits per heavy atom. The minimum Gasteiger partial charge on any atom is -0.288 e. The molecular weight excluding hydrogens is 233 g/mol. The number of fused-ring (bicyclic) bond motifs is 1. The maximum atomic E-state index is 12.9. The third-order valence-electron chi connectivity index (χ3n) is 2.92. The van der Waals surface area contributed by atoms with Crippen LogP contribution in [-0.2, 0) is 0 Å². The highest BCUT2D eigenvalue weighted by Gasteiger charge is 2.29. The van der Waals surface area contributed by atoms with Crippen LogP contribution in [0.15, 0.2) is 42.5 Å². The van der Waals surface area contributed by atoms with Gasteiger partial charge in [-0.1, -0.05) is 24.3 Å². The van der Waals surface area contributed by atoms with Gasteiger partial charge in [0.25, 0.3) is 11.8 Å². The molecule has 3 rings (SSSR count). The van der Waals surface area contributed by atoms with E-state index in [2.05, 4.69) is 5.32 Å². The zero-order valence-electron chi connectivity index (χ0n) is 9.24. The fourth-order valence-corrected chi connectivity index (χ4v) is 2.09. The van der Waals surface area contributed by atoms with Crippen molar-refractivity contribution < 1.29 is 14.0 Å². The molecule has 1 heterocycles. The second-order valence-electron chi connectivity index (χ2n) is 4.02. The largest absolute Gasteiger partial charge is 0.288 e. The maximum Gasteiger partial charge on any atom is 0.259 e.